The highest BCUT2D eigenvalue weighted by molar-refractivity contribution is 6.07. The van der Waals surface area contributed by atoms with Gasteiger partial charge in [0.05, 0.1) is 37.5 Å². The molecule has 5 rings (SSSR count). The van der Waals surface area contributed by atoms with Gasteiger partial charge < -0.3 is 23.9 Å². The average molecular weight is 426 g/mol. The fourth-order valence-electron chi connectivity index (χ4n) is 4.44. The molecule has 2 unspecified atom stereocenters. The number of aromatic amines is 1. The zero-order chi connectivity index (χ0) is 21.2. The summed E-state index contributed by atoms with van der Waals surface area (Å²) in [6.07, 6.45) is 0.0415. The number of nitrogens with one attached hydrogen (secondary N) is 1. The van der Waals surface area contributed by atoms with Crippen molar-refractivity contribution in [2.24, 2.45) is 0 Å². The first-order valence-corrected chi connectivity index (χ1v) is 11.2. The SMILES string of the molecule is CC(Oc1ccc2c(c1)[nH]c1cc(OC(C)N3CCOCC3)ccc12)N1CCOCC1. The van der Waals surface area contributed by atoms with Gasteiger partial charge in [-0.25, -0.2) is 0 Å². The fourth-order valence-corrected chi connectivity index (χ4v) is 4.44. The molecular weight excluding hydrogens is 394 g/mol. The standard InChI is InChI=1S/C24H31N3O4/c1-17(26-7-11-28-12-8-26)30-19-3-5-21-22-6-4-20(16-24(22)25-23(21)15-19)31-18(2)27-9-13-29-14-10-27/h3-6,15-18,25H,7-14H2,1-2H3. The van der Waals surface area contributed by atoms with Gasteiger partial charge in [0.1, 0.15) is 24.0 Å². The van der Waals surface area contributed by atoms with Gasteiger partial charge in [-0.2, -0.15) is 0 Å². The van der Waals surface area contributed by atoms with Crippen LogP contribution in [0.15, 0.2) is 36.4 Å². The minimum atomic E-state index is 0.0207. The molecule has 7 nitrogen and oxygen atoms in total. The highest BCUT2D eigenvalue weighted by Gasteiger charge is 2.20. The van der Waals surface area contributed by atoms with Crippen LogP contribution in [0.3, 0.4) is 0 Å². The Morgan fingerprint density at radius 2 is 1.13 bits per heavy atom. The minimum Gasteiger partial charge on any atom is -0.475 e. The van der Waals surface area contributed by atoms with Crippen LogP contribution in [0.25, 0.3) is 21.8 Å². The molecule has 0 saturated carbocycles. The van der Waals surface area contributed by atoms with Crippen molar-refractivity contribution >= 4 is 21.8 Å². The predicted octanol–water partition coefficient (Wildman–Crippen LogP) is 3.44. The molecule has 2 aliphatic rings. The van der Waals surface area contributed by atoms with E-state index in [1.165, 1.54) is 10.8 Å². The van der Waals surface area contributed by atoms with Crippen LogP contribution in [0.4, 0.5) is 0 Å². The topological polar surface area (TPSA) is 59.2 Å². The molecule has 2 aliphatic heterocycles. The summed E-state index contributed by atoms with van der Waals surface area (Å²) in [7, 11) is 0. The maximum Gasteiger partial charge on any atom is 0.149 e. The Balaban J connectivity index is 1.32. The molecule has 0 spiro atoms. The van der Waals surface area contributed by atoms with E-state index in [0.717, 1.165) is 75.1 Å². The molecule has 2 atom stereocenters. The molecule has 7 heteroatoms. The first kappa shape index (κ1) is 20.6. The van der Waals surface area contributed by atoms with E-state index in [1.54, 1.807) is 0 Å². The maximum absolute atomic E-state index is 6.21. The highest BCUT2D eigenvalue weighted by Crippen LogP contribution is 2.31. The number of hydrogen-bond acceptors (Lipinski definition) is 6. The maximum atomic E-state index is 6.21. The van der Waals surface area contributed by atoms with Gasteiger partial charge in [0, 0.05) is 49.1 Å². The molecule has 0 radical (unpaired) electrons. The smallest absolute Gasteiger partial charge is 0.149 e. The third-order valence-corrected chi connectivity index (χ3v) is 6.27. The molecule has 2 fully saturated rings. The van der Waals surface area contributed by atoms with Gasteiger partial charge in [0.15, 0.2) is 0 Å². The largest absolute Gasteiger partial charge is 0.475 e. The molecule has 2 aromatic carbocycles. The molecule has 2 saturated heterocycles. The number of ether oxygens (including phenoxy) is 4. The zero-order valence-electron chi connectivity index (χ0n) is 18.3. The van der Waals surface area contributed by atoms with E-state index in [9.17, 15) is 0 Å². The van der Waals surface area contributed by atoms with Gasteiger partial charge in [-0.1, -0.05) is 0 Å². The van der Waals surface area contributed by atoms with Crippen molar-refractivity contribution in [3.05, 3.63) is 36.4 Å². The lowest BCUT2D eigenvalue weighted by Gasteiger charge is -2.32. The van der Waals surface area contributed by atoms with Crippen LogP contribution in [-0.2, 0) is 9.47 Å². The van der Waals surface area contributed by atoms with E-state index >= 15 is 0 Å². The van der Waals surface area contributed by atoms with Crippen LogP contribution in [-0.4, -0.2) is 79.8 Å². The molecule has 0 bridgehead atoms. The van der Waals surface area contributed by atoms with Crippen LogP contribution in [0.5, 0.6) is 11.5 Å². The number of rotatable bonds is 6. The molecule has 0 aliphatic carbocycles. The van der Waals surface area contributed by atoms with Crippen LogP contribution < -0.4 is 9.47 Å². The average Bonchev–Trinajstić information content (AvgIpc) is 3.17. The number of H-pyrrole nitrogens is 1. The summed E-state index contributed by atoms with van der Waals surface area (Å²) < 4.78 is 23.3. The summed E-state index contributed by atoms with van der Waals surface area (Å²) in [6, 6.07) is 12.5. The van der Waals surface area contributed by atoms with E-state index in [0.29, 0.717) is 0 Å². The Hall–Kier alpha value is -2.32. The van der Waals surface area contributed by atoms with Crippen LogP contribution >= 0.6 is 0 Å². The highest BCUT2D eigenvalue weighted by atomic mass is 16.5. The Labute approximate surface area is 182 Å². The zero-order valence-corrected chi connectivity index (χ0v) is 18.3. The minimum absolute atomic E-state index is 0.0207. The second-order valence-electron chi connectivity index (χ2n) is 8.27. The van der Waals surface area contributed by atoms with Crippen LogP contribution in [0.2, 0.25) is 0 Å². The van der Waals surface area contributed by atoms with Gasteiger partial charge in [0.25, 0.3) is 0 Å². The molecule has 0 amide bonds. The Morgan fingerprint density at radius 1 is 0.710 bits per heavy atom. The Bertz CT molecular complexity index is 944. The Morgan fingerprint density at radius 3 is 1.55 bits per heavy atom. The summed E-state index contributed by atoms with van der Waals surface area (Å²) >= 11 is 0. The van der Waals surface area contributed by atoms with Crippen molar-refractivity contribution in [3.63, 3.8) is 0 Å². The van der Waals surface area contributed by atoms with E-state index in [4.69, 9.17) is 18.9 Å². The summed E-state index contributed by atoms with van der Waals surface area (Å²) in [5, 5.41) is 2.38. The van der Waals surface area contributed by atoms with Gasteiger partial charge in [-0.05, 0) is 38.1 Å². The third kappa shape index (κ3) is 4.50. The van der Waals surface area contributed by atoms with Crippen molar-refractivity contribution < 1.29 is 18.9 Å². The monoisotopic (exact) mass is 425 g/mol. The van der Waals surface area contributed by atoms with Crippen molar-refractivity contribution in [3.8, 4) is 11.5 Å². The predicted molar refractivity (Wildman–Crippen MR) is 121 cm³/mol. The Kier molecular flexibility index (Phi) is 6.00. The van der Waals surface area contributed by atoms with Gasteiger partial charge in [0.2, 0.25) is 0 Å². The lowest BCUT2D eigenvalue weighted by molar-refractivity contribution is -0.0372. The van der Waals surface area contributed by atoms with Crippen LogP contribution in [0.1, 0.15) is 13.8 Å². The van der Waals surface area contributed by atoms with E-state index in [1.807, 2.05) is 0 Å². The second-order valence-corrected chi connectivity index (χ2v) is 8.27. The second kappa shape index (κ2) is 9.04. The van der Waals surface area contributed by atoms with E-state index < -0.39 is 0 Å². The molecule has 3 heterocycles. The normalized spacial score (nSPS) is 20.7. The molecule has 3 aromatic rings. The number of benzene rings is 2. The van der Waals surface area contributed by atoms with Crippen LogP contribution in [0, 0.1) is 0 Å². The first-order valence-electron chi connectivity index (χ1n) is 11.2. The molecule has 1 N–H and O–H groups in total. The lowest BCUT2D eigenvalue weighted by atomic mass is 10.1. The lowest BCUT2D eigenvalue weighted by Crippen LogP contribution is -2.44. The van der Waals surface area contributed by atoms with E-state index in [2.05, 4.69) is 65.0 Å². The summed E-state index contributed by atoms with van der Waals surface area (Å²) in [4.78, 5) is 8.14. The van der Waals surface area contributed by atoms with Gasteiger partial charge in [-0.15, -0.1) is 0 Å². The number of aromatic nitrogens is 1. The summed E-state index contributed by atoms with van der Waals surface area (Å²) in [6.45, 7) is 10.9. The van der Waals surface area contributed by atoms with Crippen molar-refractivity contribution in [1.29, 1.82) is 0 Å². The van der Waals surface area contributed by atoms with Crippen molar-refractivity contribution in [1.82, 2.24) is 14.8 Å². The summed E-state index contributed by atoms with van der Waals surface area (Å²) in [5.41, 5.74) is 2.14. The molecular formula is C24H31N3O4. The van der Waals surface area contributed by atoms with Gasteiger partial charge in [-0.3, -0.25) is 9.80 Å². The quantitative estimate of drug-likeness (QED) is 0.653. The van der Waals surface area contributed by atoms with Crippen molar-refractivity contribution in [2.45, 2.75) is 26.3 Å². The van der Waals surface area contributed by atoms with Crippen molar-refractivity contribution in [2.75, 3.05) is 52.6 Å². The third-order valence-electron chi connectivity index (χ3n) is 6.27. The molecule has 1 aromatic heterocycles. The summed E-state index contributed by atoms with van der Waals surface area (Å²) in [5.74, 6) is 1.74. The molecule has 166 valence electrons. The fraction of sp³-hybridized carbons (Fsp3) is 0.500. The molecule has 31 heavy (non-hydrogen) atoms. The number of morpholine rings is 2. The van der Waals surface area contributed by atoms with E-state index in [-0.39, 0.29) is 12.5 Å². The van der Waals surface area contributed by atoms with Gasteiger partial charge >= 0.3 is 0 Å². The first-order chi connectivity index (χ1) is 15.2. The number of nitrogens with zero attached hydrogens (tertiary/aromatic N) is 2. The number of hydrogen-bond donors (Lipinski definition) is 1. The number of fused-ring (bicyclic) bond motifs is 3.